The first-order chi connectivity index (χ1) is 10.3. The molecule has 8 nitrogen and oxygen atoms in total. The minimum absolute atomic E-state index is 0.121. The molecule has 0 bridgehead atoms. The highest BCUT2D eigenvalue weighted by atomic mass is 16.6. The van der Waals surface area contributed by atoms with Crippen LogP contribution in [0.15, 0.2) is 18.2 Å². The Hall–Kier alpha value is -2.48. The van der Waals surface area contributed by atoms with Gasteiger partial charge in [0, 0.05) is 18.0 Å². The minimum atomic E-state index is -0.486. The fourth-order valence-corrected chi connectivity index (χ4v) is 2.33. The van der Waals surface area contributed by atoms with Crippen LogP contribution in [0.5, 0.6) is 5.75 Å². The third-order valence-corrected chi connectivity index (χ3v) is 3.25. The Bertz CT molecular complexity index is 703. The summed E-state index contributed by atoms with van der Waals surface area (Å²) in [6.07, 6.45) is 0. The van der Waals surface area contributed by atoms with E-state index in [9.17, 15) is 10.1 Å². The van der Waals surface area contributed by atoms with Crippen molar-refractivity contribution in [1.82, 2.24) is 15.0 Å². The molecule has 0 aliphatic heterocycles. The van der Waals surface area contributed by atoms with Gasteiger partial charge in [0.2, 0.25) is 0 Å². The molecule has 2 rings (SSSR count). The maximum absolute atomic E-state index is 11.2. The lowest BCUT2D eigenvalue weighted by molar-refractivity contribution is -0.385. The summed E-state index contributed by atoms with van der Waals surface area (Å²) in [6.45, 7) is 6.29. The molecule has 0 unspecified atom stereocenters. The zero-order chi connectivity index (χ0) is 16.5. The van der Waals surface area contributed by atoms with Crippen molar-refractivity contribution in [2.24, 2.45) is 5.73 Å². The molecule has 0 amide bonds. The van der Waals surface area contributed by atoms with Crippen LogP contribution in [0.3, 0.4) is 0 Å². The molecule has 0 saturated heterocycles. The number of nitrogens with zero attached hydrogens (tertiary/aromatic N) is 4. The summed E-state index contributed by atoms with van der Waals surface area (Å²) in [5.41, 5.74) is 7.39. The van der Waals surface area contributed by atoms with E-state index in [0.29, 0.717) is 11.4 Å². The Balaban J connectivity index is 2.65. The van der Waals surface area contributed by atoms with Gasteiger partial charge in [0.05, 0.1) is 23.4 Å². The van der Waals surface area contributed by atoms with Crippen LogP contribution in [0.25, 0.3) is 5.69 Å². The molecule has 8 heteroatoms. The number of nitro groups is 1. The van der Waals surface area contributed by atoms with Crippen molar-refractivity contribution in [2.45, 2.75) is 32.7 Å². The number of nitrogens with two attached hydrogens (primary N) is 1. The lowest BCUT2D eigenvalue weighted by Gasteiger charge is -2.21. The van der Waals surface area contributed by atoms with Gasteiger partial charge in [-0.1, -0.05) is 26.0 Å². The number of ether oxygens (including phenoxy) is 1. The van der Waals surface area contributed by atoms with E-state index in [1.54, 1.807) is 16.8 Å². The van der Waals surface area contributed by atoms with Crippen molar-refractivity contribution in [2.75, 3.05) is 7.11 Å². The number of hydrogen-bond acceptors (Lipinski definition) is 6. The largest absolute Gasteiger partial charge is 0.490 e. The lowest BCUT2D eigenvalue weighted by atomic mass is 9.90. The van der Waals surface area contributed by atoms with E-state index in [1.165, 1.54) is 13.2 Å². The van der Waals surface area contributed by atoms with Crippen LogP contribution in [-0.2, 0) is 12.0 Å². The summed E-state index contributed by atoms with van der Waals surface area (Å²) < 4.78 is 6.61. The zero-order valence-electron chi connectivity index (χ0n) is 13.0. The molecule has 0 saturated carbocycles. The third-order valence-electron chi connectivity index (χ3n) is 3.25. The summed E-state index contributed by atoms with van der Waals surface area (Å²) >= 11 is 0. The summed E-state index contributed by atoms with van der Waals surface area (Å²) in [7, 11) is 1.39. The molecule has 2 N–H and O–H groups in total. The molecule has 0 aliphatic carbocycles. The molecule has 118 valence electrons. The topological polar surface area (TPSA) is 109 Å². The van der Waals surface area contributed by atoms with Crippen molar-refractivity contribution in [3.8, 4) is 11.4 Å². The Kier molecular flexibility index (Phi) is 4.14. The van der Waals surface area contributed by atoms with Crippen molar-refractivity contribution in [1.29, 1.82) is 0 Å². The maximum Gasteiger partial charge on any atom is 0.313 e. The molecule has 2 aromatic rings. The van der Waals surface area contributed by atoms with Gasteiger partial charge in [-0.15, -0.1) is 5.10 Å². The monoisotopic (exact) mass is 305 g/mol. The molecule has 0 atom stereocenters. The Morgan fingerprint density at radius 2 is 2.09 bits per heavy atom. The van der Waals surface area contributed by atoms with Crippen LogP contribution >= 0.6 is 0 Å². The maximum atomic E-state index is 11.2. The van der Waals surface area contributed by atoms with Gasteiger partial charge < -0.3 is 10.5 Å². The third kappa shape index (κ3) is 2.77. The van der Waals surface area contributed by atoms with E-state index in [4.69, 9.17) is 10.5 Å². The van der Waals surface area contributed by atoms with E-state index in [1.807, 2.05) is 20.8 Å². The quantitative estimate of drug-likeness (QED) is 0.683. The molecule has 0 aliphatic rings. The average Bonchev–Trinajstić information content (AvgIpc) is 2.90. The normalized spacial score (nSPS) is 11.5. The van der Waals surface area contributed by atoms with Crippen molar-refractivity contribution in [3.05, 3.63) is 39.7 Å². The zero-order valence-corrected chi connectivity index (χ0v) is 13.0. The second-order valence-corrected chi connectivity index (χ2v) is 5.86. The molecular formula is C14H19N5O3. The van der Waals surface area contributed by atoms with Gasteiger partial charge >= 0.3 is 5.69 Å². The van der Waals surface area contributed by atoms with Gasteiger partial charge in [-0.3, -0.25) is 10.1 Å². The van der Waals surface area contributed by atoms with Crippen molar-refractivity contribution >= 4 is 5.69 Å². The number of methoxy groups -OCH3 is 1. The molecule has 0 fully saturated rings. The molecule has 1 aromatic heterocycles. The van der Waals surface area contributed by atoms with E-state index in [2.05, 4.69) is 10.3 Å². The van der Waals surface area contributed by atoms with Gasteiger partial charge in [0.25, 0.3) is 0 Å². The van der Waals surface area contributed by atoms with Crippen molar-refractivity contribution < 1.29 is 9.66 Å². The summed E-state index contributed by atoms with van der Waals surface area (Å²) in [6, 6.07) is 4.67. The highest BCUT2D eigenvalue weighted by Gasteiger charge is 2.26. The Morgan fingerprint density at radius 3 is 2.59 bits per heavy atom. The smallest absolute Gasteiger partial charge is 0.313 e. The molecule has 0 spiro atoms. The van der Waals surface area contributed by atoms with Gasteiger partial charge in [-0.05, 0) is 12.1 Å². The van der Waals surface area contributed by atoms with E-state index in [-0.39, 0.29) is 23.4 Å². The van der Waals surface area contributed by atoms with Crippen LogP contribution in [0, 0.1) is 10.1 Å². The first-order valence-corrected chi connectivity index (χ1v) is 6.77. The second-order valence-electron chi connectivity index (χ2n) is 5.86. The molecule has 1 heterocycles. The number of rotatable bonds is 4. The number of hydrogen-bond donors (Lipinski definition) is 1. The van der Waals surface area contributed by atoms with Crippen LogP contribution in [0.2, 0.25) is 0 Å². The number of nitro benzene ring substituents is 1. The van der Waals surface area contributed by atoms with Crippen LogP contribution < -0.4 is 10.5 Å². The van der Waals surface area contributed by atoms with Gasteiger partial charge in [-0.25, -0.2) is 4.68 Å². The van der Waals surface area contributed by atoms with Gasteiger partial charge in [0.1, 0.15) is 5.69 Å². The molecule has 1 aromatic carbocycles. The Morgan fingerprint density at radius 1 is 1.41 bits per heavy atom. The summed E-state index contributed by atoms with van der Waals surface area (Å²) in [5.74, 6) is 0.199. The predicted octanol–water partition coefficient (Wildman–Crippen LogP) is 1.94. The first-order valence-electron chi connectivity index (χ1n) is 6.77. The predicted molar refractivity (Wildman–Crippen MR) is 81.2 cm³/mol. The van der Waals surface area contributed by atoms with Gasteiger partial charge in [-0.2, -0.15) is 0 Å². The SMILES string of the molecule is COc1ccc(-n2nnc(CN)c2C(C)(C)C)cc1[N+](=O)[O-]. The van der Waals surface area contributed by atoms with Crippen LogP contribution in [0.4, 0.5) is 5.69 Å². The highest BCUT2D eigenvalue weighted by Crippen LogP contribution is 2.32. The number of benzene rings is 1. The Labute approximate surface area is 128 Å². The average molecular weight is 305 g/mol. The van der Waals surface area contributed by atoms with Crippen molar-refractivity contribution in [3.63, 3.8) is 0 Å². The van der Waals surface area contributed by atoms with E-state index >= 15 is 0 Å². The number of aromatic nitrogens is 3. The standard InChI is InChI=1S/C14H19N5O3/c1-14(2,3)13-10(8-15)16-17-18(13)9-5-6-12(22-4)11(7-9)19(20)21/h5-7H,8,15H2,1-4H3. The van der Waals surface area contributed by atoms with E-state index in [0.717, 1.165) is 5.69 Å². The molecular weight excluding hydrogens is 286 g/mol. The fourth-order valence-electron chi connectivity index (χ4n) is 2.33. The van der Waals surface area contributed by atoms with Gasteiger partial charge in [0.15, 0.2) is 5.75 Å². The fraction of sp³-hybridized carbons (Fsp3) is 0.429. The highest BCUT2D eigenvalue weighted by molar-refractivity contribution is 5.54. The minimum Gasteiger partial charge on any atom is -0.490 e. The second kappa shape index (κ2) is 5.72. The first kappa shape index (κ1) is 15.9. The lowest BCUT2D eigenvalue weighted by Crippen LogP contribution is -2.20. The molecule has 0 radical (unpaired) electrons. The van der Waals surface area contributed by atoms with Crippen LogP contribution in [0.1, 0.15) is 32.2 Å². The van der Waals surface area contributed by atoms with E-state index < -0.39 is 4.92 Å². The summed E-state index contributed by atoms with van der Waals surface area (Å²) in [4.78, 5) is 10.7. The summed E-state index contributed by atoms with van der Waals surface area (Å²) in [5, 5.41) is 19.4. The molecule has 22 heavy (non-hydrogen) atoms. The van der Waals surface area contributed by atoms with Crippen LogP contribution in [-0.4, -0.2) is 27.0 Å².